The maximum atomic E-state index is 9.65. The van der Waals surface area contributed by atoms with Crippen LogP contribution < -0.4 is 0 Å². The fourth-order valence-electron chi connectivity index (χ4n) is 1.89. The van der Waals surface area contributed by atoms with E-state index in [0.29, 0.717) is 6.04 Å². The lowest BCUT2D eigenvalue weighted by Gasteiger charge is -2.30. The molecule has 1 aliphatic heterocycles. The normalized spacial score (nSPS) is 19.5. The molecule has 0 fully saturated rings. The minimum Gasteiger partial charge on any atom is -0.390 e. The van der Waals surface area contributed by atoms with Crippen molar-refractivity contribution in [2.24, 2.45) is 0 Å². The summed E-state index contributed by atoms with van der Waals surface area (Å²) in [5.41, 5.74) is 1.00. The van der Waals surface area contributed by atoms with E-state index in [2.05, 4.69) is 24.8 Å². The third kappa shape index (κ3) is 4.80. The van der Waals surface area contributed by atoms with Crippen LogP contribution in [-0.4, -0.2) is 34.7 Å². The first-order chi connectivity index (χ1) is 6.88. The van der Waals surface area contributed by atoms with E-state index in [1.165, 1.54) is 18.5 Å². The van der Waals surface area contributed by atoms with Crippen molar-refractivity contribution in [2.45, 2.75) is 58.6 Å². The van der Waals surface area contributed by atoms with Crippen molar-refractivity contribution in [3.05, 3.63) is 11.6 Å². The van der Waals surface area contributed by atoms with E-state index < -0.39 is 5.60 Å². The number of hydrogen-bond acceptors (Lipinski definition) is 2. The monoisotopic (exact) mass is 211 g/mol. The first-order valence-corrected chi connectivity index (χ1v) is 6.03. The Morgan fingerprint density at radius 2 is 2.13 bits per heavy atom. The Kier molecular flexibility index (Phi) is 4.35. The van der Waals surface area contributed by atoms with Gasteiger partial charge in [0.25, 0.3) is 0 Å². The van der Waals surface area contributed by atoms with Gasteiger partial charge in [0, 0.05) is 19.1 Å². The van der Waals surface area contributed by atoms with Crippen molar-refractivity contribution < 1.29 is 5.11 Å². The van der Waals surface area contributed by atoms with Crippen LogP contribution in [0, 0.1) is 0 Å². The summed E-state index contributed by atoms with van der Waals surface area (Å²) in [5.74, 6) is 0. The zero-order chi connectivity index (χ0) is 11.5. The van der Waals surface area contributed by atoms with Gasteiger partial charge in [0.05, 0.1) is 5.60 Å². The van der Waals surface area contributed by atoms with E-state index in [-0.39, 0.29) is 0 Å². The summed E-state index contributed by atoms with van der Waals surface area (Å²) >= 11 is 0. The largest absolute Gasteiger partial charge is 0.390 e. The Morgan fingerprint density at radius 3 is 2.53 bits per heavy atom. The highest BCUT2D eigenvalue weighted by Gasteiger charge is 2.17. The lowest BCUT2D eigenvalue weighted by Crippen LogP contribution is -2.34. The molecule has 0 bridgehead atoms. The molecule has 1 N–H and O–H groups in total. The number of hydrogen-bond donors (Lipinski definition) is 1. The smallest absolute Gasteiger partial charge is 0.0594 e. The van der Waals surface area contributed by atoms with E-state index in [9.17, 15) is 5.11 Å². The van der Waals surface area contributed by atoms with E-state index in [1.54, 1.807) is 0 Å². The molecule has 0 atom stereocenters. The fourth-order valence-corrected chi connectivity index (χ4v) is 1.89. The van der Waals surface area contributed by atoms with Gasteiger partial charge in [-0.3, -0.25) is 4.90 Å². The van der Waals surface area contributed by atoms with Crippen LogP contribution in [0.1, 0.15) is 47.0 Å². The molecule has 0 spiro atoms. The summed E-state index contributed by atoms with van der Waals surface area (Å²) in [6.45, 7) is 10.5. The van der Waals surface area contributed by atoms with Crippen LogP contribution in [0.3, 0.4) is 0 Å². The Morgan fingerprint density at radius 1 is 1.47 bits per heavy atom. The van der Waals surface area contributed by atoms with Crippen molar-refractivity contribution >= 4 is 0 Å². The van der Waals surface area contributed by atoms with Crippen LogP contribution in [0.2, 0.25) is 0 Å². The van der Waals surface area contributed by atoms with Gasteiger partial charge in [-0.1, -0.05) is 11.6 Å². The number of rotatable bonds is 4. The second kappa shape index (κ2) is 5.13. The number of aliphatic hydroxyl groups is 1. The molecule has 0 aromatic heterocycles. The molecule has 1 aliphatic rings. The predicted molar refractivity (Wildman–Crippen MR) is 64.9 cm³/mol. The molecule has 15 heavy (non-hydrogen) atoms. The van der Waals surface area contributed by atoms with Gasteiger partial charge in [0.1, 0.15) is 0 Å². The first kappa shape index (κ1) is 12.7. The molecule has 0 radical (unpaired) electrons. The Bertz CT molecular complexity index is 225. The SMILES string of the molecule is CC(C)N1CC=C(CCC(C)(C)O)CC1. The molecule has 1 heterocycles. The molecule has 1 rings (SSSR count). The first-order valence-electron chi connectivity index (χ1n) is 6.03. The van der Waals surface area contributed by atoms with Gasteiger partial charge in [-0.15, -0.1) is 0 Å². The zero-order valence-corrected chi connectivity index (χ0v) is 10.6. The Balaban J connectivity index is 2.34. The minimum atomic E-state index is -0.518. The van der Waals surface area contributed by atoms with Crippen molar-refractivity contribution in [1.29, 1.82) is 0 Å². The highest BCUT2D eigenvalue weighted by Crippen LogP contribution is 2.21. The molecule has 0 amide bonds. The van der Waals surface area contributed by atoms with E-state index >= 15 is 0 Å². The van der Waals surface area contributed by atoms with Crippen LogP contribution >= 0.6 is 0 Å². The zero-order valence-electron chi connectivity index (χ0n) is 10.6. The fraction of sp³-hybridized carbons (Fsp3) is 0.846. The molecule has 0 aliphatic carbocycles. The van der Waals surface area contributed by atoms with Crippen molar-refractivity contribution in [2.75, 3.05) is 13.1 Å². The van der Waals surface area contributed by atoms with Crippen molar-refractivity contribution in [1.82, 2.24) is 4.90 Å². The summed E-state index contributed by atoms with van der Waals surface area (Å²) in [4.78, 5) is 2.48. The quantitative estimate of drug-likeness (QED) is 0.722. The molecule has 88 valence electrons. The van der Waals surface area contributed by atoms with Crippen molar-refractivity contribution in [3.8, 4) is 0 Å². The third-order valence-corrected chi connectivity index (χ3v) is 3.12. The summed E-state index contributed by atoms with van der Waals surface area (Å²) in [6, 6.07) is 0.650. The van der Waals surface area contributed by atoms with Gasteiger partial charge >= 0.3 is 0 Å². The summed E-state index contributed by atoms with van der Waals surface area (Å²) < 4.78 is 0. The average molecular weight is 211 g/mol. The molecule has 2 nitrogen and oxygen atoms in total. The summed E-state index contributed by atoms with van der Waals surface area (Å²) in [5, 5.41) is 9.65. The summed E-state index contributed by atoms with van der Waals surface area (Å²) in [7, 11) is 0. The highest BCUT2D eigenvalue weighted by molar-refractivity contribution is 5.08. The van der Waals surface area contributed by atoms with Crippen LogP contribution in [-0.2, 0) is 0 Å². The maximum absolute atomic E-state index is 9.65. The Labute approximate surface area is 94.0 Å². The number of nitrogens with zero attached hydrogens (tertiary/aromatic N) is 1. The maximum Gasteiger partial charge on any atom is 0.0594 e. The van der Waals surface area contributed by atoms with Gasteiger partial charge in [-0.2, -0.15) is 0 Å². The molecular weight excluding hydrogens is 186 g/mol. The average Bonchev–Trinajstić information content (AvgIpc) is 2.14. The third-order valence-electron chi connectivity index (χ3n) is 3.12. The molecule has 0 aromatic carbocycles. The standard InChI is InChI=1S/C13H25NO/c1-11(2)14-9-6-12(7-10-14)5-8-13(3,4)15/h6,11,15H,5,7-10H2,1-4H3. The predicted octanol–water partition coefficient (Wildman–Crippen LogP) is 2.58. The van der Waals surface area contributed by atoms with Gasteiger partial charge < -0.3 is 5.11 Å². The second-order valence-electron chi connectivity index (χ2n) is 5.51. The lowest BCUT2D eigenvalue weighted by molar-refractivity contribution is 0.0707. The molecule has 0 saturated heterocycles. The molecule has 2 heteroatoms. The molecular formula is C13H25NO. The summed E-state index contributed by atoms with van der Waals surface area (Å²) in [6.07, 6.45) is 5.44. The van der Waals surface area contributed by atoms with Crippen LogP contribution in [0.25, 0.3) is 0 Å². The van der Waals surface area contributed by atoms with E-state index in [0.717, 1.165) is 19.4 Å². The molecule has 0 unspecified atom stereocenters. The van der Waals surface area contributed by atoms with Crippen LogP contribution in [0.5, 0.6) is 0 Å². The van der Waals surface area contributed by atoms with Crippen LogP contribution in [0.4, 0.5) is 0 Å². The highest BCUT2D eigenvalue weighted by atomic mass is 16.3. The van der Waals surface area contributed by atoms with Gasteiger partial charge in [-0.05, 0) is 47.0 Å². The minimum absolute atomic E-state index is 0.518. The lowest BCUT2D eigenvalue weighted by atomic mass is 9.95. The molecule has 0 saturated carbocycles. The van der Waals surface area contributed by atoms with E-state index in [4.69, 9.17) is 0 Å². The Hall–Kier alpha value is -0.340. The van der Waals surface area contributed by atoms with Crippen LogP contribution in [0.15, 0.2) is 11.6 Å². The second-order valence-corrected chi connectivity index (χ2v) is 5.51. The molecule has 0 aromatic rings. The topological polar surface area (TPSA) is 23.5 Å². The van der Waals surface area contributed by atoms with E-state index in [1.807, 2.05) is 13.8 Å². The van der Waals surface area contributed by atoms with Crippen molar-refractivity contribution in [3.63, 3.8) is 0 Å². The van der Waals surface area contributed by atoms with Gasteiger partial charge in [-0.25, -0.2) is 0 Å². The van der Waals surface area contributed by atoms with Gasteiger partial charge in [0.2, 0.25) is 0 Å². The van der Waals surface area contributed by atoms with Gasteiger partial charge in [0.15, 0.2) is 0 Å².